The lowest BCUT2D eigenvalue weighted by Gasteiger charge is -2.13. The zero-order valence-electron chi connectivity index (χ0n) is 14.7. The first-order valence-corrected chi connectivity index (χ1v) is 9.72. The number of fused-ring (bicyclic) bond motifs is 1. The van der Waals surface area contributed by atoms with Crippen LogP contribution in [0.15, 0.2) is 46.4 Å². The summed E-state index contributed by atoms with van der Waals surface area (Å²) >= 11 is 4.55. The molecule has 1 aromatic heterocycles. The number of esters is 1. The zero-order chi connectivity index (χ0) is 19.4. The van der Waals surface area contributed by atoms with Crippen LogP contribution in [0.3, 0.4) is 0 Å². The van der Waals surface area contributed by atoms with Crippen LogP contribution >= 0.6 is 27.3 Å². The quantitative estimate of drug-likeness (QED) is 0.567. The number of methoxy groups -OCH3 is 1. The second-order valence-electron chi connectivity index (χ2n) is 5.82. The summed E-state index contributed by atoms with van der Waals surface area (Å²) in [6.07, 6.45) is 1.59. The van der Waals surface area contributed by atoms with E-state index in [2.05, 4.69) is 26.2 Å². The second kappa shape index (κ2) is 8.49. The smallest absolute Gasteiger partial charge is 0.313 e. The highest BCUT2D eigenvalue weighted by molar-refractivity contribution is 9.11. The minimum atomic E-state index is -0.488. The molecule has 0 aliphatic rings. The number of amides is 1. The number of hydrogen-bond donors (Lipinski definition) is 1. The van der Waals surface area contributed by atoms with Gasteiger partial charge in [0.15, 0.2) is 11.7 Å². The van der Waals surface area contributed by atoms with Crippen LogP contribution in [0, 0.1) is 0 Å². The summed E-state index contributed by atoms with van der Waals surface area (Å²) in [5.74, 6) is -0.597. The molecular weight excluding hydrogens is 432 g/mol. The zero-order valence-corrected chi connectivity index (χ0v) is 17.1. The number of rotatable bonds is 6. The molecule has 0 saturated heterocycles. The Morgan fingerprint density at radius 3 is 2.67 bits per heavy atom. The molecule has 6 nitrogen and oxygen atoms in total. The molecule has 1 heterocycles. The van der Waals surface area contributed by atoms with Crippen LogP contribution < -0.4 is 10.1 Å². The SMILES string of the molecule is COc1ccc2cc(C(C)C(=O)OCC(=O)Nc3ncc(Br)s3)ccc2c1. The van der Waals surface area contributed by atoms with Gasteiger partial charge in [0, 0.05) is 0 Å². The molecule has 0 saturated carbocycles. The Kier molecular flexibility index (Phi) is 6.08. The van der Waals surface area contributed by atoms with E-state index in [4.69, 9.17) is 9.47 Å². The van der Waals surface area contributed by atoms with Gasteiger partial charge in [-0.2, -0.15) is 0 Å². The summed E-state index contributed by atoms with van der Waals surface area (Å²) in [6, 6.07) is 11.5. The van der Waals surface area contributed by atoms with E-state index in [1.54, 1.807) is 20.2 Å². The number of benzene rings is 2. The van der Waals surface area contributed by atoms with E-state index in [0.717, 1.165) is 25.9 Å². The molecule has 3 rings (SSSR count). The predicted octanol–water partition coefficient (Wildman–Crippen LogP) is 4.35. The molecule has 0 aliphatic carbocycles. The number of hydrogen-bond acceptors (Lipinski definition) is 6. The first-order chi connectivity index (χ1) is 13.0. The fourth-order valence-corrected chi connectivity index (χ4v) is 3.63. The van der Waals surface area contributed by atoms with Crippen molar-refractivity contribution in [1.29, 1.82) is 0 Å². The van der Waals surface area contributed by atoms with Crippen LogP contribution in [-0.4, -0.2) is 30.6 Å². The van der Waals surface area contributed by atoms with Gasteiger partial charge in [-0.25, -0.2) is 4.98 Å². The number of carbonyl (C=O) groups excluding carboxylic acids is 2. The summed E-state index contributed by atoms with van der Waals surface area (Å²) in [5, 5.41) is 5.05. The molecule has 1 amide bonds. The van der Waals surface area contributed by atoms with E-state index in [-0.39, 0.29) is 6.61 Å². The van der Waals surface area contributed by atoms with E-state index in [9.17, 15) is 9.59 Å². The van der Waals surface area contributed by atoms with Crippen LogP contribution in [-0.2, 0) is 14.3 Å². The fourth-order valence-electron chi connectivity index (χ4n) is 2.50. The van der Waals surface area contributed by atoms with Gasteiger partial charge in [0.1, 0.15) is 5.75 Å². The van der Waals surface area contributed by atoms with Gasteiger partial charge in [0.05, 0.1) is 23.0 Å². The molecule has 27 heavy (non-hydrogen) atoms. The number of thiazole rings is 1. The Morgan fingerprint density at radius 1 is 1.22 bits per heavy atom. The van der Waals surface area contributed by atoms with Crippen LogP contribution in [0.2, 0.25) is 0 Å². The Labute approximate surface area is 168 Å². The molecule has 1 N–H and O–H groups in total. The minimum absolute atomic E-state index is 0.356. The number of carbonyl (C=O) groups is 2. The van der Waals surface area contributed by atoms with Crippen molar-refractivity contribution in [3.05, 3.63) is 51.9 Å². The summed E-state index contributed by atoms with van der Waals surface area (Å²) in [7, 11) is 1.62. The minimum Gasteiger partial charge on any atom is -0.497 e. The molecule has 8 heteroatoms. The third-order valence-corrected chi connectivity index (χ3v) is 5.39. The fraction of sp³-hybridized carbons (Fsp3) is 0.211. The van der Waals surface area contributed by atoms with Crippen molar-refractivity contribution in [2.45, 2.75) is 12.8 Å². The van der Waals surface area contributed by atoms with Gasteiger partial charge < -0.3 is 9.47 Å². The highest BCUT2D eigenvalue weighted by Gasteiger charge is 2.19. The Bertz CT molecular complexity index is 989. The molecule has 3 aromatic rings. The maximum atomic E-state index is 12.3. The van der Waals surface area contributed by atoms with Gasteiger partial charge in [-0.1, -0.05) is 35.6 Å². The van der Waals surface area contributed by atoms with E-state index in [1.165, 1.54) is 11.3 Å². The Balaban J connectivity index is 1.61. The predicted molar refractivity (Wildman–Crippen MR) is 108 cm³/mol. The molecule has 0 aliphatic heterocycles. The average Bonchev–Trinajstić information content (AvgIpc) is 3.09. The van der Waals surface area contributed by atoms with Crippen LogP contribution in [0.4, 0.5) is 5.13 Å². The summed E-state index contributed by atoms with van der Waals surface area (Å²) in [6.45, 7) is 1.40. The monoisotopic (exact) mass is 448 g/mol. The summed E-state index contributed by atoms with van der Waals surface area (Å²) < 4.78 is 11.2. The Morgan fingerprint density at radius 2 is 1.96 bits per heavy atom. The number of nitrogens with zero attached hydrogens (tertiary/aromatic N) is 1. The van der Waals surface area contributed by atoms with Crippen molar-refractivity contribution in [3.63, 3.8) is 0 Å². The number of anilines is 1. The highest BCUT2D eigenvalue weighted by atomic mass is 79.9. The first kappa shape index (κ1) is 19.3. The summed E-state index contributed by atoms with van der Waals surface area (Å²) in [4.78, 5) is 28.2. The standard InChI is InChI=1S/C19H17BrN2O4S/c1-11(12-3-4-14-8-15(25-2)6-5-13(14)7-12)18(24)26-10-17(23)22-19-21-9-16(20)27-19/h3-9,11H,10H2,1-2H3,(H,21,22,23). The Hall–Kier alpha value is -2.45. The molecule has 2 aromatic carbocycles. The lowest BCUT2D eigenvalue weighted by molar-refractivity contribution is -0.148. The van der Waals surface area contributed by atoms with E-state index in [0.29, 0.717) is 5.13 Å². The molecule has 0 bridgehead atoms. The lowest BCUT2D eigenvalue weighted by Crippen LogP contribution is -2.23. The number of halogens is 1. The number of aromatic nitrogens is 1. The lowest BCUT2D eigenvalue weighted by atomic mass is 9.98. The van der Waals surface area contributed by atoms with Crippen LogP contribution in [0.5, 0.6) is 5.75 Å². The molecule has 0 radical (unpaired) electrons. The third kappa shape index (κ3) is 4.84. The molecular formula is C19H17BrN2O4S. The van der Waals surface area contributed by atoms with E-state index < -0.39 is 17.8 Å². The van der Waals surface area contributed by atoms with Crippen molar-refractivity contribution < 1.29 is 19.1 Å². The third-order valence-electron chi connectivity index (χ3n) is 3.99. The average molecular weight is 449 g/mol. The van der Waals surface area contributed by atoms with Crippen molar-refractivity contribution in [2.24, 2.45) is 0 Å². The maximum absolute atomic E-state index is 12.3. The van der Waals surface area contributed by atoms with Crippen molar-refractivity contribution >= 4 is 55.0 Å². The molecule has 1 atom stereocenters. The van der Waals surface area contributed by atoms with E-state index in [1.807, 2.05) is 36.4 Å². The van der Waals surface area contributed by atoms with Gasteiger partial charge in [-0.3, -0.25) is 14.9 Å². The van der Waals surface area contributed by atoms with Crippen molar-refractivity contribution in [1.82, 2.24) is 4.98 Å². The van der Waals surface area contributed by atoms with Crippen molar-refractivity contribution in [3.8, 4) is 5.75 Å². The first-order valence-electron chi connectivity index (χ1n) is 8.12. The van der Waals surface area contributed by atoms with Crippen molar-refractivity contribution in [2.75, 3.05) is 19.0 Å². The van der Waals surface area contributed by atoms with Gasteiger partial charge in [0.2, 0.25) is 0 Å². The molecule has 0 fully saturated rings. The number of nitrogens with one attached hydrogen (secondary N) is 1. The molecule has 0 spiro atoms. The summed E-state index contributed by atoms with van der Waals surface area (Å²) in [5.41, 5.74) is 0.821. The largest absolute Gasteiger partial charge is 0.497 e. The maximum Gasteiger partial charge on any atom is 0.313 e. The molecule has 1 unspecified atom stereocenters. The van der Waals surface area contributed by atoms with E-state index >= 15 is 0 Å². The van der Waals surface area contributed by atoms with Gasteiger partial charge in [0.25, 0.3) is 5.91 Å². The van der Waals surface area contributed by atoms with Gasteiger partial charge in [-0.05, 0) is 51.3 Å². The normalized spacial score (nSPS) is 11.8. The van der Waals surface area contributed by atoms with Gasteiger partial charge in [-0.15, -0.1) is 0 Å². The second-order valence-corrected chi connectivity index (χ2v) is 8.23. The molecule has 140 valence electrons. The number of ether oxygens (including phenoxy) is 2. The van der Waals surface area contributed by atoms with Gasteiger partial charge >= 0.3 is 5.97 Å². The topological polar surface area (TPSA) is 77.5 Å². The highest BCUT2D eigenvalue weighted by Crippen LogP contribution is 2.26. The van der Waals surface area contributed by atoms with Crippen LogP contribution in [0.25, 0.3) is 10.8 Å². The van der Waals surface area contributed by atoms with Crippen LogP contribution in [0.1, 0.15) is 18.4 Å².